The monoisotopic (exact) mass is 676 g/mol. The molecule has 1 aliphatic rings. The molecule has 1 fully saturated rings. The van der Waals surface area contributed by atoms with E-state index in [0.29, 0.717) is 12.3 Å². The largest absolute Gasteiger partial charge is 0.460 e. The third-order valence-corrected chi connectivity index (χ3v) is 8.06. The van der Waals surface area contributed by atoms with Gasteiger partial charge >= 0.3 is 47.6 Å². The minimum absolute atomic E-state index is 0.0622. The topological polar surface area (TPSA) is 0 Å². The Balaban J connectivity index is 2.23. The molecule has 0 atom stereocenters. The minimum atomic E-state index is -8.62. The predicted molar refractivity (Wildman–Crippen MR) is 124 cm³/mol. The normalized spacial score (nSPS) is 20.2. The molecule has 0 radical (unpaired) electrons. The molecule has 44 heavy (non-hydrogen) atoms. The highest BCUT2D eigenvalue weighted by Crippen LogP contribution is 2.65. The van der Waals surface area contributed by atoms with Crippen LogP contribution < -0.4 is 0 Å². The molecule has 0 amide bonds. The first-order valence-electron chi connectivity index (χ1n) is 13.5. The van der Waals surface area contributed by atoms with Gasteiger partial charge in [-0.2, -0.15) is 74.6 Å². The molecule has 0 aromatic heterocycles. The molecular formula is C27H29F17. The Morgan fingerprint density at radius 3 is 1.30 bits per heavy atom. The highest BCUT2D eigenvalue weighted by molar-refractivity contribution is 5.29. The molecule has 0 nitrogen and oxygen atoms in total. The van der Waals surface area contributed by atoms with Gasteiger partial charge < -0.3 is 0 Å². The smallest absolute Gasteiger partial charge is 0.194 e. The number of hydrogen-bond acceptors (Lipinski definition) is 0. The van der Waals surface area contributed by atoms with E-state index < -0.39 is 53.2 Å². The zero-order chi connectivity index (χ0) is 34.2. The number of aryl methyl sites for hydroxylation is 1. The van der Waals surface area contributed by atoms with Gasteiger partial charge in [-0.1, -0.05) is 82.6 Å². The number of unbranched alkanes of at least 4 members (excludes halogenated alkanes) is 2. The summed E-state index contributed by atoms with van der Waals surface area (Å²) in [4.78, 5) is 0. The Morgan fingerprint density at radius 1 is 0.500 bits per heavy atom. The van der Waals surface area contributed by atoms with E-state index in [1.54, 1.807) is 0 Å². The van der Waals surface area contributed by atoms with Crippen molar-refractivity contribution < 1.29 is 74.6 Å². The lowest BCUT2D eigenvalue weighted by molar-refractivity contribution is -0.462. The van der Waals surface area contributed by atoms with Crippen LogP contribution in [0.2, 0.25) is 0 Å². The summed E-state index contributed by atoms with van der Waals surface area (Å²) in [5.74, 6) is -55.6. The quantitative estimate of drug-likeness (QED) is 0.136. The fourth-order valence-electron chi connectivity index (χ4n) is 5.09. The maximum atomic E-state index is 14.5. The summed E-state index contributed by atoms with van der Waals surface area (Å²) in [6.45, 7) is 2.08. The highest BCUT2D eigenvalue weighted by Gasteiger charge is 2.95. The maximum absolute atomic E-state index is 14.5. The third kappa shape index (κ3) is 6.48. The molecule has 1 aromatic rings. The number of rotatable bonds is 14. The van der Waals surface area contributed by atoms with Gasteiger partial charge in [-0.15, -0.1) is 0 Å². The van der Waals surface area contributed by atoms with E-state index in [0.717, 1.165) is 63.5 Å². The Bertz CT molecular complexity index is 1060. The molecule has 0 aliphatic heterocycles. The molecule has 17 heteroatoms. The molecule has 0 N–H and O–H groups in total. The molecule has 1 saturated carbocycles. The van der Waals surface area contributed by atoms with Crippen molar-refractivity contribution in [2.75, 3.05) is 0 Å². The molecule has 0 bridgehead atoms. The van der Waals surface area contributed by atoms with Crippen molar-refractivity contribution in [3.8, 4) is 0 Å². The molecule has 1 aromatic carbocycles. The summed E-state index contributed by atoms with van der Waals surface area (Å²) >= 11 is 0. The van der Waals surface area contributed by atoms with Crippen LogP contribution in [0.25, 0.3) is 0 Å². The van der Waals surface area contributed by atoms with E-state index in [2.05, 4.69) is 6.92 Å². The van der Waals surface area contributed by atoms with Gasteiger partial charge in [-0.3, -0.25) is 0 Å². The lowest BCUT2D eigenvalue weighted by Gasteiger charge is -2.42. The summed E-state index contributed by atoms with van der Waals surface area (Å²) < 4.78 is 230. The molecule has 256 valence electrons. The zero-order valence-corrected chi connectivity index (χ0v) is 23.0. The SMILES string of the molecule is CCCCC[C@H]1CC[C@H](CCc2ccc(C(F)(F)C(F)(F)C(F)(F)C(F)(F)C(F)(F)C(F)(F)C(F)(F)C(F)(F)F)cc2)CC1. The van der Waals surface area contributed by atoms with Crippen LogP contribution in [0.5, 0.6) is 0 Å². The summed E-state index contributed by atoms with van der Waals surface area (Å²) in [5.41, 5.74) is -1.97. The van der Waals surface area contributed by atoms with E-state index in [-0.39, 0.29) is 30.0 Å². The summed E-state index contributed by atoms with van der Waals surface area (Å²) in [7, 11) is 0. The van der Waals surface area contributed by atoms with Gasteiger partial charge in [0.1, 0.15) is 0 Å². The molecular weight excluding hydrogens is 647 g/mol. The Morgan fingerprint density at radius 2 is 0.886 bits per heavy atom. The van der Waals surface area contributed by atoms with Gasteiger partial charge in [-0.05, 0) is 30.2 Å². The number of benzene rings is 1. The maximum Gasteiger partial charge on any atom is 0.460 e. The Hall–Kier alpha value is -1.97. The average molecular weight is 676 g/mol. The first-order valence-corrected chi connectivity index (χ1v) is 13.5. The van der Waals surface area contributed by atoms with Gasteiger partial charge in [0.05, 0.1) is 0 Å². The van der Waals surface area contributed by atoms with Crippen LogP contribution in [-0.4, -0.2) is 41.7 Å². The fraction of sp³-hybridized carbons (Fsp3) is 0.778. The van der Waals surface area contributed by atoms with Crippen LogP contribution in [-0.2, 0) is 12.3 Å². The lowest BCUT2D eigenvalue weighted by Crippen LogP contribution is -2.74. The van der Waals surface area contributed by atoms with Crippen molar-refractivity contribution in [1.82, 2.24) is 0 Å². The summed E-state index contributed by atoms with van der Waals surface area (Å²) in [6, 6.07) is 1.57. The lowest BCUT2D eigenvalue weighted by atomic mass is 9.77. The van der Waals surface area contributed by atoms with Crippen LogP contribution in [0, 0.1) is 11.8 Å². The third-order valence-electron chi connectivity index (χ3n) is 8.06. The molecule has 0 saturated heterocycles. The van der Waals surface area contributed by atoms with Gasteiger partial charge in [0.15, 0.2) is 0 Å². The average Bonchev–Trinajstić information content (AvgIpc) is 2.91. The fourth-order valence-corrected chi connectivity index (χ4v) is 5.09. The second-order valence-electron chi connectivity index (χ2n) is 11.1. The van der Waals surface area contributed by atoms with E-state index >= 15 is 0 Å². The van der Waals surface area contributed by atoms with Gasteiger partial charge in [0.25, 0.3) is 0 Å². The van der Waals surface area contributed by atoms with Gasteiger partial charge in [0.2, 0.25) is 0 Å². The van der Waals surface area contributed by atoms with Crippen molar-refractivity contribution in [1.29, 1.82) is 0 Å². The molecule has 0 heterocycles. The first kappa shape index (κ1) is 38.2. The van der Waals surface area contributed by atoms with Crippen LogP contribution in [0.1, 0.15) is 75.8 Å². The molecule has 2 rings (SSSR count). The van der Waals surface area contributed by atoms with Gasteiger partial charge in [-0.25, -0.2) is 0 Å². The Kier molecular flexibility index (Phi) is 11.0. The van der Waals surface area contributed by atoms with E-state index in [4.69, 9.17) is 0 Å². The van der Waals surface area contributed by atoms with Crippen molar-refractivity contribution in [3.05, 3.63) is 35.4 Å². The Labute approximate surface area is 241 Å². The van der Waals surface area contributed by atoms with Crippen molar-refractivity contribution in [2.24, 2.45) is 11.8 Å². The van der Waals surface area contributed by atoms with Crippen LogP contribution in [0.4, 0.5) is 74.6 Å². The van der Waals surface area contributed by atoms with E-state index in [1.807, 2.05) is 0 Å². The zero-order valence-electron chi connectivity index (χ0n) is 23.0. The first-order chi connectivity index (χ1) is 19.7. The minimum Gasteiger partial charge on any atom is -0.194 e. The summed E-state index contributed by atoms with van der Waals surface area (Å²) in [5, 5.41) is 0. The van der Waals surface area contributed by atoms with Crippen molar-refractivity contribution in [3.63, 3.8) is 0 Å². The number of halogens is 17. The van der Waals surface area contributed by atoms with Crippen LogP contribution in [0.15, 0.2) is 24.3 Å². The molecule has 0 spiro atoms. The molecule has 1 aliphatic carbocycles. The number of hydrogen-bond donors (Lipinski definition) is 0. The highest BCUT2D eigenvalue weighted by atomic mass is 19.4. The van der Waals surface area contributed by atoms with Crippen LogP contribution >= 0.6 is 0 Å². The second-order valence-corrected chi connectivity index (χ2v) is 11.1. The predicted octanol–water partition coefficient (Wildman–Crippen LogP) is 11.5. The van der Waals surface area contributed by atoms with E-state index in [9.17, 15) is 74.6 Å². The van der Waals surface area contributed by atoms with E-state index in [1.165, 1.54) is 0 Å². The molecule has 0 unspecified atom stereocenters. The van der Waals surface area contributed by atoms with Gasteiger partial charge in [0, 0.05) is 5.56 Å². The standard InChI is InChI=1S/C27H29F17/c1-2-3-4-5-16-6-8-17(9-7-16)10-11-18-12-14-19(15-13-18)20(28,29)21(30,31)22(32,33)23(34,35)24(36,37)25(38,39)26(40,41)27(42,43)44/h12-17H,2-11H2,1H3/t16-,17-. The van der Waals surface area contributed by atoms with Crippen molar-refractivity contribution >= 4 is 0 Å². The van der Waals surface area contributed by atoms with Crippen molar-refractivity contribution in [2.45, 2.75) is 119 Å². The second kappa shape index (κ2) is 12.7. The summed E-state index contributed by atoms with van der Waals surface area (Å²) in [6.07, 6.45) is 0.979. The number of alkyl halides is 17. The van der Waals surface area contributed by atoms with Crippen LogP contribution in [0.3, 0.4) is 0 Å².